The standard InChI is InChI=1S/C20H19F2N5O3/c1-19-8-20(9-19,10-30-19)13-7-27-6-12(24-18(29-2)16(27)25-13)17(28)26-14-5-3-4-11(23-14)15(21)22/h3-7,15H,8-10H2,1-2H3,(H,23,26,28). The minimum Gasteiger partial charge on any atom is -0.478 e. The highest BCUT2D eigenvalue weighted by Gasteiger charge is 2.61. The van der Waals surface area contributed by atoms with E-state index in [1.165, 1.54) is 31.5 Å². The van der Waals surface area contributed by atoms with Crippen molar-refractivity contribution in [1.29, 1.82) is 0 Å². The number of carbonyl (C=O) groups is 1. The Hall–Kier alpha value is -3.14. The summed E-state index contributed by atoms with van der Waals surface area (Å²) in [5, 5.41) is 2.50. The predicted octanol–water partition coefficient (Wildman–Crippen LogP) is 3.14. The first-order valence-electron chi connectivity index (χ1n) is 9.46. The van der Waals surface area contributed by atoms with Crippen LogP contribution in [-0.2, 0) is 10.2 Å². The normalized spacial score (nSPS) is 24.8. The Morgan fingerprint density at radius 3 is 2.73 bits per heavy atom. The van der Waals surface area contributed by atoms with E-state index in [2.05, 4.69) is 27.2 Å². The number of methoxy groups -OCH3 is 1. The number of ether oxygens (including phenoxy) is 2. The lowest BCUT2D eigenvalue weighted by atomic mass is 9.62. The summed E-state index contributed by atoms with van der Waals surface area (Å²) >= 11 is 0. The van der Waals surface area contributed by atoms with Crippen LogP contribution in [0, 0.1) is 0 Å². The van der Waals surface area contributed by atoms with Crippen LogP contribution in [0.4, 0.5) is 14.6 Å². The first-order chi connectivity index (χ1) is 14.3. The summed E-state index contributed by atoms with van der Waals surface area (Å²) in [6, 6.07) is 4.03. The molecule has 10 heteroatoms. The zero-order valence-electron chi connectivity index (χ0n) is 16.4. The van der Waals surface area contributed by atoms with E-state index in [0.717, 1.165) is 18.5 Å². The molecule has 1 amide bonds. The van der Waals surface area contributed by atoms with E-state index in [0.29, 0.717) is 12.3 Å². The van der Waals surface area contributed by atoms with Crippen molar-refractivity contribution < 1.29 is 23.0 Å². The third-order valence-electron chi connectivity index (χ3n) is 5.73. The van der Waals surface area contributed by atoms with Crippen LogP contribution in [0.15, 0.2) is 30.6 Å². The van der Waals surface area contributed by atoms with E-state index in [1.54, 1.807) is 4.40 Å². The smallest absolute Gasteiger partial charge is 0.280 e. The molecule has 2 bridgehead atoms. The first-order valence-corrected chi connectivity index (χ1v) is 9.46. The second-order valence-corrected chi connectivity index (χ2v) is 8.07. The molecule has 0 atom stereocenters. The molecular weight excluding hydrogens is 396 g/mol. The van der Waals surface area contributed by atoms with Gasteiger partial charge in [0.05, 0.1) is 25.0 Å². The van der Waals surface area contributed by atoms with Crippen LogP contribution in [-0.4, -0.2) is 44.6 Å². The van der Waals surface area contributed by atoms with Gasteiger partial charge in [-0.3, -0.25) is 9.20 Å². The fourth-order valence-corrected chi connectivity index (χ4v) is 4.45. The molecule has 1 saturated carbocycles. The third-order valence-corrected chi connectivity index (χ3v) is 5.73. The number of hydrogen-bond donors (Lipinski definition) is 1. The van der Waals surface area contributed by atoms with E-state index < -0.39 is 18.0 Å². The topological polar surface area (TPSA) is 90.6 Å². The number of aromatic nitrogens is 4. The molecule has 5 heterocycles. The van der Waals surface area contributed by atoms with Gasteiger partial charge in [-0.05, 0) is 31.9 Å². The molecule has 1 aliphatic carbocycles. The maximum absolute atomic E-state index is 12.8. The number of pyridine rings is 1. The SMILES string of the molecule is COc1nc(C(=O)Nc2cccc(C(F)F)n2)cn2cc(C34COC(C)(C3)C4)nc12. The van der Waals surface area contributed by atoms with E-state index in [9.17, 15) is 13.6 Å². The number of amides is 1. The number of anilines is 1. The number of nitrogens with zero attached hydrogens (tertiary/aromatic N) is 4. The van der Waals surface area contributed by atoms with Gasteiger partial charge in [-0.25, -0.2) is 23.7 Å². The number of fused-ring (bicyclic) bond motifs is 2. The predicted molar refractivity (Wildman–Crippen MR) is 102 cm³/mol. The molecule has 8 nitrogen and oxygen atoms in total. The average molecular weight is 415 g/mol. The fourth-order valence-electron chi connectivity index (χ4n) is 4.45. The van der Waals surface area contributed by atoms with Crippen molar-refractivity contribution in [1.82, 2.24) is 19.4 Å². The number of carbonyl (C=O) groups excluding carboxylic acids is 1. The molecule has 156 valence electrons. The largest absolute Gasteiger partial charge is 0.478 e. The second kappa shape index (κ2) is 6.43. The molecule has 3 aromatic rings. The molecule has 2 aliphatic heterocycles. The molecule has 30 heavy (non-hydrogen) atoms. The molecule has 0 spiro atoms. The van der Waals surface area contributed by atoms with Gasteiger partial charge in [-0.2, -0.15) is 0 Å². The van der Waals surface area contributed by atoms with E-state index >= 15 is 0 Å². The number of nitrogens with one attached hydrogen (secondary N) is 1. The molecule has 0 unspecified atom stereocenters. The third kappa shape index (κ3) is 2.90. The van der Waals surface area contributed by atoms with Gasteiger partial charge in [0.1, 0.15) is 17.2 Å². The van der Waals surface area contributed by atoms with Gasteiger partial charge < -0.3 is 14.8 Å². The molecule has 2 saturated heterocycles. The van der Waals surface area contributed by atoms with Crippen LogP contribution in [0.5, 0.6) is 5.88 Å². The number of rotatable bonds is 5. The summed E-state index contributed by atoms with van der Waals surface area (Å²) in [6.07, 6.45) is 2.47. The van der Waals surface area contributed by atoms with E-state index in [4.69, 9.17) is 9.47 Å². The van der Waals surface area contributed by atoms with Crippen LogP contribution < -0.4 is 10.1 Å². The van der Waals surface area contributed by atoms with Crippen molar-refractivity contribution in [2.75, 3.05) is 19.0 Å². The van der Waals surface area contributed by atoms with Gasteiger partial charge in [0, 0.05) is 17.8 Å². The Bertz CT molecular complexity index is 1160. The quantitative estimate of drug-likeness (QED) is 0.689. The highest BCUT2D eigenvalue weighted by atomic mass is 19.3. The van der Waals surface area contributed by atoms with Crippen molar-refractivity contribution in [2.24, 2.45) is 0 Å². The maximum atomic E-state index is 12.8. The maximum Gasteiger partial charge on any atom is 0.280 e. The Labute approximate surface area is 170 Å². The molecule has 0 radical (unpaired) electrons. The monoisotopic (exact) mass is 415 g/mol. The summed E-state index contributed by atoms with van der Waals surface area (Å²) in [6.45, 7) is 2.71. The number of imidazole rings is 1. The number of hydrogen-bond acceptors (Lipinski definition) is 6. The minimum atomic E-state index is -2.73. The summed E-state index contributed by atoms with van der Waals surface area (Å²) in [5.74, 6) is -0.385. The summed E-state index contributed by atoms with van der Waals surface area (Å²) in [5.41, 5.74) is 0.805. The van der Waals surface area contributed by atoms with Crippen molar-refractivity contribution in [3.63, 3.8) is 0 Å². The zero-order valence-corrected chi connectivity index (χ0v) is 16.4. The van der Waals surface area contributed by atoms with Gasteiger partial charge in [0.2, 0.25) is 5.65 Å². The highest BCUT2D eigenvalue weighted by Crippen LogP contribution is 2.58. The molecular formula is C20H19F2N5O3. The van der Waals surface area contributed by atoms with Crippen molar-refractivity contribution in [3.8, 4) is 5.88 Å². The van der Waals surface area contributed by atoms with Crippen LogP contribution in [0.25, 0.3) is 5.65 Å². The van der Waals surface area contributed by atoms with Gasteiger partial charge >= 0.3 is 0 Å². The summed E-state index contributed by atoms with van der Waals surface area (Å²) in [4.78, 5) is 25.3. The van der Waals surface area contributed by atoms with E-state index in [1.807, 2.05) is 6.20 Å². The molecule has 3 aromatic heterocycles. The van der Waals surface area contributed by atoms with Crippen molar-refractivity contribution >= 4 is 17.4 Å². The molecule has 0 aromatic carbocycles. The molecule has 3 fully saturated rings. The Morgan fingerprint density at radius 2 is 2.07 bits per heavy atom. The lowest BCUT2D eigenvalue weighted by molar-refractivity contribution is 0.0154. The van der Waals surface area contributed by atoms with Gasteiger partial charge in [-0.1, -0.05) is 6.07 Å². The van der Waals surface area contributed by atoms with Gasteiger partial charge in [0.25, 0.3) is 18.2 Å². The van der Waals surface area contributed by atoms with Gasteiger partial charge in [0.15, 0.2) is 0 Å². The number of halogens is 2. The summed E-state index contributed by atoms with van der Waals surface area (Å²) < 4.78 is 38.6. The lowest BCUT2D eigenvalue weighted by Gasteiger charge is -2.41. The number of alkyl halides is 2. The minimum absolute atomic E-state index is 0.0146. The zero-order chi connectivity index (χ0) is 21.1. The van der Waals surface area contributed by atoms with Crippen LogP contribution >= 0.6 is 0 Å². The van der Waals surface area contributed by atoms with Crippen molar-refractivity contribution in [2.45, 2.75) is 37.2 Å². The van der Waals surface area contributed by atoms with Crippen molar-refractivity contribution in [3.05, 3.63) is 47.7 Å². The summed E-state index contributed by atoms with van der Waals surface area (Å²) in [7, 11) is 1.45. The molecule has 6 rings (SSSR count). The van der Waals surface area contributed by atoms with Crippen LogP contribution in [0.1, 0.15) is 48.1 Å². The first kappa shape index (κ1) is 18.9. The molecule has 1 N–H and O–H groups in total. The van der Waals surface area contributed by atoms with E-state index in [-0.39, 0.29) is 28.4 Å². The van der Waals surface area contributed by atoms with Crippen LogP contribution in [0.3, 0.4) is 0 Å². The lowest BCUT2D eigenvalue weighted by Crippen LogP contribution is -2.45. The Kier molecular flexibility index (Phi) is 4.04. The highest BCUT2D eigenvalue weighted by molar-refractivity contribution is 6.02. The average Bonchev–Trinajstić information content (AvgIpc) is 3.38. The molecule has 3 aliphatic rings. The fraction of sp³-hybridized carbons (Fsp3) is 0.400. The Balaban J connectivity index is 1.46. The van der Waals surface area contributed by atoms with Crippen LogP contribution in [0.2, 0.25) is 0 Å². The van der Waals surface area contributed by atoms with Gasteiger partial charge in [-0.15, -0.1) is 0 Å². The Morgan fingerprint density at radius 1 is 1.27 bits per heavy atom. The second-order valence-electron chi connectivity index (χ2n) is 8.07.